The van der Waals surface area contributed by atoms with Gasteiger partial charge in [0.25, 0.3) is 0 Å². The Hall–Kier alpha value is -2.31. The number of hydrogen-bond acceptors (Lipinski definition) is 10. The van der Waals surface area contributed by atoms with Gasteiger partial charge in [-0.1, -0.05) is 35.4 Å². The van der Waals surface area contributed by atoms with Gasteiger partial charge in [0, 0.05) is 20.8 Å². The summed E-state index contributed by atoms with van der Waals surface area (Å²) in [5.41, 5.74) is 0. The molecule has 3 atom stereocenters. The van der Waals surface area contributed by atoms with Crippen LogP contribution < -0.4 is 4.74 Å². The van der Waals surface area contributed by atoms with E-state index < -0.39 is 46.1 Å². The Labute approximate surface area is 235 Å². The van der Waals surface area contributed by atoms with Gasteiger partial charge >= 0.3 is 17.9 Å². The molecular formula is C24H27Cl3O10S. The van der Waals surface area contributed by atoms with E-state index in [4.69, 9.17) is 58.5 Å². The van der Waals surface area contributed by atoms with Gasteiger partial charge in [0.05, 0.1) is 38.4 Å². The molecule has 0 aromatic heterocycles. The molecule has 1 aromatic carbocycles. The molecule has 0 spiro atoms. The maximum absolute atomic E-state index is 13.2. The molecule has 2 unspecified atom stereocenters. The molecule has 2 rings (SSSR count). The highest BCUT2D eigenvalue weighted by atomic mass is 35.5. The van der Waals surface area contributed by atoms with Crippen LogP contribution >= 0.6 is 34.8 Å². The first-order chi connectivity index (χ1) is 17.8. The Morgan fingerprint density at radius 3 is 2.05 bits per heavy atom. The number of alkyl halides is 1. The van der Waals surface area contributed by atoms with E-state index in [-0.39, 0.29) is 57.7 Å². The molecule has 38 heavy (non-hydrogen) atoms. The predicted octanol–water partition coefficient (Wildman–Crippen LogP) is 4.04. The first-order valence-electron chi connectivity index (χ1n) is 11.2. The molecule has 10 nitrogen and oxygen atoms in total. The fourth-order valence-electron chi connectivity index (χ4n) is 3.18. The number of ether oxygens (including phenoxy) is 5. The van der Waals surface area contributed by atoms with Crippen molar-refractivity contribution in [2.75, 3.05) is 25.7 Å². The number of allylic oxidation sites excluding steroid dienone is 1. The summed E-state index contributed by atoms with van der Waals surface area (Å²) in [5, 5.41) is -0.115. The average molecular weight is 614 g/mol. The second-order valence-corrected chi connectivity index (χ2v) is 11.1. The fraction of sp³-hybridized carbons (Fsp3) is 0.458. The van der Waals surface area contributed by atoms with E-state index in [9.17, 15) is 22.8 Å². The van der Waals surface area contributed by atoms with Crippen LogP contribution in [0.4, 0.5) is 0 Å². The van der Waals surface area contributed by atoms with Crippen LogP contribution in [-0.4, -0.2) is 70.3 Å². The van der Waals surface area contributed by atoms with Crippen LogP contribution in [0.15, 0.2) is 40.2 Å². The molecule has 14 heteroatoms. The van der Waals surface area contributed by atoms with Crippen LogP contribution in [0.3, 0.4) is 0 Å². The zero-order valence-electron chi connectivity index (χ0n) is 20.8. The van der Waals surface area contributed by atoms with Gasteiger partial charge in [-0.2, -0.15) is 0 Å². The van der Waals surface area contributed by atoms with Crippen molar-refractivity contribution < 1.29 is 46.5 Å². The number of benzene rings is 1. The topological polar surface area (TPSA) is 132 Å². The number of sulfone groups is 1. The monoisotopic (exact) mass is 612 g/mol. The molecule has 1 aromatic rings. The highest BCUT2D eigenvalue weighted by molar-refractivity contribution is 7.95. The summed E-state index contributed by atoms with van der Waals surface area (Å²) in [7, 11) is -3.99. The first-order valence-corrected chi connectivity index (χ1v) is 14.0. The van der Waals surface area contributed by atoms with Crippen LogP contribution in [-0.2, 0) is 43.2 Å². The van der Waals surface area contributed by atoms with Gasteiger partial charge in [-0.05, 0) is 24.6 Å². The number of hydrogen-bond donors (Lipinski definition) is 0. The number of rotatable bonds is 13. The Morgan fingerprint density at radius 1 is 0.947 bits per heavy atom. The number of carbonyl (C=O) groups is 3. The van der Waals surface area contributed by atoms with Crippen molar-refractivity contribution in [2.24, 2.45) is 0 Å². The second-order valence-electron chi connectivity index (χ2n) is 8.02. The van der Waals surface area contributed by atoms with Crippen molar-refractivity contribution in [1.82, 2.24) is 0 Å². The molecule has 0 amide bonds. The summed E-state index contributed by atoms with van der Waals surface area (Å²) in [4.78, 5) is 33.3. The third-order valence-corrected chi connectivity index (χ3v) is 7.52. The molecule has 0 radical (unpaired) electrons. The molecule has 0 N–H and O–H groups in total. The van der Waals surface area contributed by atoms with E-state index in [1.165, 1.54) is 45.1 Å². The number of carbonyl (C=O) groups excluding carboxylic acids is 3. The standard InChI is InChI=1S/C24H27Cl3O10S/c1-14(28)33-12-19(37-16(3)30)13-34-17-4-6-20(7-5-17)38(31,32)21-8-22(26)24(23(27)9-21)35-11-18(10-25)36-15(2)29/h4,6-9,17-19H,5,10-13H2,1-3H3/t17?,18-,19?/m0/s1. The van der Waals surface area contributed by atoms with E-state index in [2.05, 4.69) is 0 Å². The van der Waals surface area contributed by atoms with Gasteiger partial charge in [0.15, 0.2) is 11.9 Å². The van der Waals surface area contributed by atoms with E-state index in [1.807, 2.05) is 0 Å². The van der Waals surface area contributed by atoms with E-state index in [1.54, 1.807) is 6.08 Å². The third-order valence-electron chi connectivity index (χ3n) is 4.84. The van der Waals surface area contributed by atoms with Crippen LogP contribution in [0.2, 0.25) is 10.0 Å². The van der Waals surface area contributed by atoms with Gasteiger partial charge in [-0.3, -0.25) is 14.4 Å². The molecule has 0 heterocycles. The average Bonchev–Trinajstić information content (AvgIpc) is 2.83. The van der Waals surface area contributed by atoms with Crippen LogP contribution in [0.1, 0.15) is 27.2 Å². The largest absolute Gasteiger partial charge is 0.487 e. The van der Waals surface area contributed by atoms with Crippen molar-refractivity contribution >= 4 is 62.5 Å². The minimum absolute atomic E-state index is 0.00617. The zero-order chi connectivity index (χ0) is 28.5. The molecule has 1 aliphatic rings. The molecule has 0 saturated carbocycles. The van der Waals surface area contributed by atoms with Crippen molar-refractivity contribution in [3.63, 3.8) is 0 Å². The van der Waals surface area contributed by atoms with Crippen LogP contribution in [0, 0.1) is 0 Å². The normalized spacial score (nSPS) is 16.7. The Bertz CT molecular complexity index is 1170. The van der Waals surface area contributed by atoms with Crippen molar-refractivity contribution in [3.05, 3.63) is 45.3 Å². The summed E-state index contributed by atoms with van der Waals surface area (Å²) in [6.07, 6.45) is 2.56. The van der Waals surface area contributed by atoms with Gasteiger partial charge < -0.3 is 23.7 Å². The zero-order valence-corrected chi connectivity index (χ0v) is 23.9. The second kappa shape index (κ2) is 14.7. The first kappa shape index (κ1) is 31.9. The van der Waals surface area contributed by atoms with Crippen LogP contribution in [0.25, 0.3) is 0 Å². The van der Waals surface area contributed by atoms with E-state index >= 15 is 0 Å². The summed E-state index contributed by atoms with van der Waals surface area (Å²) >= 11 is 18.3. The number of esters is 3. The predicted molar refractivity (Wildman–Crippen MR) is 139 cm³/mol. The van der Waals surface area contributed by atoms with E-state index in [0.717, 1.165) is 0 Å². The molecular weight excluding hydrogens is 587 g/mol. The lowest BCUT2D eigenvalue weighted by Gasteiger charge is -2.21. The summed E-state index contributed by atoms with van der Waals surface area (Å²) < 4.78 is 52.5. The van der Waals surface area contributed by atoms with Gasteiger partial charge in [0.2, 0.25) is 9.84 Å². The maximum Gasteiger partial charge on any atom is 0.303 e. The minimum atomic E-state index is -3.99. The summed E-state index contributed by atoms with van der Waals surface area (Å²) in [6, 6.07) is 2.41. The van der Waals surface area contributed by atoms with Crippen molar-refractivity contribution in [3.8, 4) is 5.75 Å². The summed E-state index contributed by atoms with van der Waals surface area (Å²) in [6.45, 7) is 3.31. The lowest BCUT2D eigenvalue weighted by Crippen LogP contribution is -2.30. The van der Waals surface area contributed by atoms with Crippen LogP contribution in [0.5, 0.6) is 5.75 Å². The van der Waals surface area contributed by atoms with Gasteiger partial charge in [-0.25, -0.2) is 8.42 Å². The Balaban J connectivity index is 2.06. The van der Waals surface area contributed by atoms with Crippen molar-refractivity contribution in [1.29, 1.82) is 0 Å². The maximum atomic E-state index is 13.2. The Kier molecular flexibility index (Phi) is 12.4. The Morgan fingerprint density at radius 2 is 1.55 bits per heavy atom. The highest BCUT2D eigenvalue weighted by Gasteiger charge is 2.26. The van der Waals surface area contributed by atoms with E-state index in [0.29, 0.717) is 0 Å². The molecule has 0 aliphatic heterocycles. The quantitative estimate of drug-likeness (QED) is 0.182. The van der Waals surface area contributed by atoms with Gasteiger partial charge in [-0.15, -0.1) is 11.6 Å². The molecule has 0 bridgehead atoms. The third kappa shape index (κ3) is 9.77. The highest BCUT2D eigenvalue weighted by Crippen LogP contribution is 2.37. The molecule has 0 saturated heterocycles. The molecule has 0 fully saturated rings. The van der Waals surface area contributed by atoms with Crippen molar-refractivity contribution in [2.45, 2.75) is 50.4 Å². The fourth-order valence-corrected chi connectivity index (χ4v) is 5.45. The SMILES string of the molecule is CC(=O)OCC(COC1C=CC(S(=O)(=O)c2cc(Cl)c(OC[C@H](CCl)OC(C)=O)c(Cl)c2)=CC1)OC(C)=O. The molecule has 210 valence electrons. The minimum Gasteiger partial charge on any atom is -0.487 e. The lowest BCUT2D eigenvalue weighted by atomic mass is 10.1. The molecule has 1 aliphatic carbocycles. The van der Waals surface area contributed by atoms with Gasteiger partial charge in [0.1, 0.15) is 19.3 Å². The lowest BCUT2D eigenvalue weighted by molar-refractivity contribution is -0.160. The smallest absolute Gasteiger partial charge is 0.303 e. The summed E-state index contributed by atoms with van der Waals surface area (Å²) in [5.74, 6) is -1.63. The number of halogens is 3.